The number of rotatable bonds is 0. The van der Waals surface area contributed by atoms with Crippen LogP contribution in [-0.2, 0) is 0 Å². The van der Waals surface area contributed by atoms with Crippen molar-refractivity contribution in [1.29, 1.82) is 0 Å². The van der Waals surface area contributed by atoms with Crippen molar-refractivity contribution in [3.63, 3.8) is 0 Å². The molecule has 1 aliphatic heterocycles. The first kappa shape index (κ1) is 5.02. The van der Waals surface area contributed by atoms with E-state index in [2.05, 4.69) is 10.2 Å². The van der Waals surface area contributed by atoms with Crippen LogP contribution in [0.4, 0.5) is 0 Å². The van der Waals surface area contributed by atoms with Gasteiger partial charge in [-0.1, -0.05) is 0 Å². The fourth-order valence-electron chi connectivity index (χ4n) is 0.232. The molecule has 0 atom stereocenters. The minimum absolute atomic E-state index is 0.0625. The molecule has 0 amide bonds. The summed E-state index contributed by atoms with van der Waals surface area (Å²) in [5.74, 6) is 0. The first-order valence-corrected chi connectivity index (χ1v) is 4.29. The van der Waals surface area contributed by atoms with Crippen molar-refractivity contribution in [2.45, 2.75) is 0 Å². The molecule has 1 heterocycles. The van der Waals surface area contributed by atoms with Gasteiger partial charge in [-0.3, -0.25) is 0 Å². The molecule has 0 unspecified atom stereocenters. The minimum atomic E-state index is 0.0625. The van der Waals surface area contributed by atoms with Crippen LogP contribution < -0.4 is 21.2 Å². The molecule has 0 aromatic heterocycles. The number of nitrogens with zero attached hydrogens (tertiary/aromatic N) is 3. The topological polar surface area (TPSA) is 28.0 Å². The fraction of sp³-hybridized carbons (Fsp3) is 0.333. The Morgan fingerprint density at radius 1 is 1.43 bits per heavy atom. The normalized spacial score (nSPS) is 19.3. The molecular weight excluding hydrogens is 205 g/mol. The van der Waals surface area contributed by atoms with Gasteiger partial charge in [-0.2, -0.15) is 0 Å². The van der Waals surface area contributed by atoms with Crippen molar-refractivity contribution in [3.8, 4) is 0 Å². The second kappa shape index (κ2) is 2.25. The summed E-state index contributed by atoms with van der Waals surface area (Å²) >= 11 is 0.0625. The van der Waals surface area contributed by atoms with Crippen molar-refractivity contribution in [2.75, 3.05) is 7.05 Å². The number of halogens is 1. The van der Waals surface area contributed by atoms with Crippen molar-refractivity contribution in [2.24, 2.45) is 10.2 Å². The average Bonchev–Trinajstić information content (AvgIpc) is 1.69. The van der Waals surface area contributed by atoms with Gasteiger partial charge < -0.3 is 0 Å². The Morgan fingerprint density at radius 3 is 2.29 bits per heavy atom. The summed E-state index contributed by atoms with van der Waals surface area (Å²) < 4.78 is 3.84. The molecule has 0 bridgehead atoms. The molecule has 0 saturated heterocycles. The Kier molecular flexibility index (Phi) is 1.61. The maximum absolute atomic E-state index is 3.89. The van der Waals surface area contributed by atoms with Gasteiger partial charge in [0.2, 0.25) is 0 Å². The Morgan fingerprint density at radius 2 is 2.00 bits per heavy atom. The van der Waals surface area contributed by atoms with Gasteiger partial charge in [0.15, 0.2) is 0 Å². The molecule has 0 aromatic rings. The summed E-state index contributed by atoms with van der Waals surface area (Å²) in [5.41, 5.74) is 0. The molecule has 0 radical (unpaired) electrons. The van der Waals surface area contributed by atoms with Gasteiger partial charge in [0.05, 0.1) is 0 Å². The van der Waals surface area contributed by atoms with Gasteiger partial charge in [0.1, 0.15) is 0 Å². The van der Waals surface area contributed by atoms with E-state index < -0.39 is 0 Å². The Balaban J connectivity index is 2.49. The molecule has 0 spiro atoms. The third-order valence-electron chi connectivity index (χ3n) is 0.534. The van der Waals surface area contributed by atoms with Gasteiger partial charge in [0, 0.05) is 0 Å². The van der Waals surface area contributed by atoms with Crippen molar-refractivity contribution in [3.05, 3.63) is 0 Å². The zero-order chi connectivity index (χ0) is 5.11. The van der Waals surface area contributed by atoms with Crippen molar-refractivity contribution < 1.29 is 21.2 Å². The van der Waals surface area contributed by atoms with Gasteiger partial charge in [0.25, 0.3) is 0 Å². The van der Waals surface area contributed by atoms with E-state index in [-0.39, 0.29) is 21.2 Å². The first-order chi connectivity index (χ1) is 3.39. The van der Waals surface area contributed by atoms with Crippen LogP contribution in [-0.4, -0.2) is 20.6 Å². The van der Waals surface area contributed by atoms with E-state index in [4.69, 9.17) is 0 Å². The Labute approximate surface area is 52.3 Å². The van der Waals surface area contributed by atoms with Gasteiger partial charge in [-0.15, -0.1) is 0 Å². The molecule has 1 aliphatic rings. The quantitative estimate of drug-likeness (QED) is 0.389. The second-order valence-electron chi connectivity index (χ2n) is 1.04. The van der Waals surface area contributed by atoms with Crippen molar-refractivity contribution >= 4 is 8.44 Å². The average molecular weight is 210 g/mol. The molecule has 0 fully saturated rings. The van der Waals surface area contributed by atoms with E-state index in [1.165, 1.54) is 0 Å². The number of hydrazone groups is 2. The molecular formula is C3H5IN3-. The van der Waals surface area contributed by atoms with E-state index in [1.807, 2.05) is 15.5 Å². The molecule has 0 aliphatic carbocycles. The van der Waals surface area contributed by atoms with E-state index in [1.54, 1.807) is 5.12 Å². The van der Waals surface area contributed by atoms with Gasteiger partial charge >= 0.3 is 52.0 Å². The van der Waals surface area contributed by atoms with Crippen LogP contribution in [0.2, 0.25) is 0 Å². The second-order valence-corrected chi connectivity index (χ2v) is 2.87. The predicted molar refractivity (Wildman–Crippen MR) is 24.7 cm³/mol. The summed E-state index contributed by atoms with van der Waals surface area (Å²) in [7, 11) is 1.82. The Hall–Kier alpha value is -0.130. The predicted octanol–water partition coefficient (Wildman–Crippen LogP) is -3.09. The van der Waals surface area contributed by atoms with Crippen LogP contribution >= 0.6 is 0 Å². The van der Waals surface area contributed by atoms with Gasteiger partial charge in [-0.05, 0) is 0 Å². The Bertz CT molecular complexity index is 96.7. The SMILES string of the molecule is CN1N=C[I-]C=N1. The summed E-state index contributed by atoms with van der Waals surface area (Å²) in [5, 5.41) is 9.34. The molecule has 4 heteroatoms. The van der Waals surface area contributed by atoms with E-state index in [9.17, 15) is 0 Å². The third kappa shape index (κ3) is 1.42. The summed E-state index contributed by atoms with van der Waals surface area (Å²) in [6.45, 7) is 0. The molecule has 0 N–H and O–H groups in total. The molecule has 0 aromatic carbocycles. The van der Waals surface area contributed by atoms with Gasteiger partial charge in [-0.25, -0.2) is 0 Å². The van der Waals surface area contributed by atoms with Crippen LogP contribution in [0.5, 0.6) is 0 Å². The molecule has 7 heavy (non-hydrogen) atoms. The van der Waals surface area contributed by atoms with Crippen LogP contribution in [0.1, 0.15) is 0 Å². The molecule has 1 rings (SSSR count). The molecule has 40 valence electrons. The summed E-state index contributed by atoms with van der Waals surface area (Å²) in [4.78, 5) is 0. The first-order valence-electron chi connectivity index (χ1n) is 1.80. The zero-order valence-corrected chi connectivity index (χ0v) is 6.03. The fourth-order valence-corrected chi connectivity index (χ4v) is 1.38. The number of hydrogen-bond donors (Lipinski definition) is 0. The van der Waals surface area contributed by atoms with Crippen LogP contribution in [0.3, 0.4) is 0 Å². The monoisotopic (exact) mass is 210 g/mol. The third-order valence-corrected chi connectivity index (χ3v) is 1.68. The van der Waals surface area contributed by atoms with E-state index in [0.717, 1.165) is 0 Å². The van der Waals surface area contributed by atoms with Crippen LogP contribution in [0.25, 0.3) is 0 Å². The molecule has 3 nitrogen and oxygen atoms in total. The van der Waals surface area contributed by atoms with Crippen LogP contribution in [0, 0.1) is 0 Å². The summed E-state index contributed by atoms with van der Waals surface area (Å²) in [6, 6.07) is 0. The van der Waals surface area contributed by atoms with E-state index >= 15 is 0 Å². The van der Waals surface area contributed by atoms with E-state index in [0.29, 0.717) is 0 Å². The van der Waals surface area contributed by atoms with Crippen molar-refractivity contribution in [1.82, 2.24) is 5.12 Å². The molecule has 0 saturated carbocycles. The maximum atomic E-state index is 3.89. The van der Waals surface area contributed by atoms with Crippen LogP contribution in [0.15, 0.2) is 10.2 Å². The standard InChI is InChI=1S/C3H5IN3/c1-7-5-2-4-3-6-7/h2-3H,1H3/q-1. The zero-order valence-electron chi connectivity index (χ0n) is 3.87. The summed E-state index contributed by atoms with van der Waals surface area (Å²) in [6.07, 6.45) is 0. The number of hydrogen-bond acceptors (Lipinski definition) is 3.